The van der Waals surface area contributed by atoms with Gasteiger partial charge in [0.05, 0.1) is 22.5 Å². The number of nitrogens with one attached hydrogen (secondary N) is 1. The molecule has 1 aliphatic heterocycles. The molecule has 0 radical (unpaired) electrons. The van der Waals surface area contributed by atoms with Gasteiger partial charge in [-0.15, -0.1) is 0 Å². The minimum atomic E-state index is -0.314. The van der Waals surface area contributed by atoms with Gasteiger partial charge < -0.3 is 14.8 Å². The summed E-state index contributed by atoms with van der Waals surface area (Å²) in [6.45, 7) is 10.8. The minimum absolute atomic E-state index is 0.0796. The van der Waals surface area contributed by atoms with Crippen LogP contribution in [-0.4, -0.2) is 45.4 Å². The van der Waals surface area contributed by atoms with E-state index < -0.39 is 0 Å². The molecule has 2 heterocycles. The van der Waals surface area contributed by atoms with Crippen molar-refractivity contribution in [1.82, 2.24) is 19.8 Å². The molecule has 0 bridgehead atoms. The van der Waals surface area contributed by atoms with Gasteiger partial charge in [0.1, 0.15) is 5.82 Å². The Morgan fingerprint density at radius 3 is 2.58 bits per heavy atom. The number of H-pyrrole nitrogens is 1. The Hall–Kier alpha value is -3.33. The number of carbonyl (C=O) groups excluding carboxylic acids is 1. The first-order chi connectivity index (χ1) is 15.8. The number of amides is 2. The molecule has 1 N–H and O–H groups in total. The Morgan fingerprint density at radius 2 is 1.88 bits per heavy atom. The van der Waals surface area contributed by atoms with Crippen LogP contribution in [0.1, 0.15) is 50.1 Å². The number of aromatic amines is 1. The maximum Gasteiger partial charge on any atom is 0.320 e. The molecule has 4 rings (SSSR count). The second-order valence-corrected chi connectivity index (χ2v) is 9.56. The number of aromatic nitrogens is 2. The summed E-state index contributed by atoms with van der Waals surface area (Å²) in [5.74, 6) is 0.910. The summed E-state index contributed by atoms with van der Waals surface area (Å²) in [5, 5.41) is 9.40. The Balaban J connectivity index is 1.55. The highest BCUT2D eigenvalue weighted by Gasteiger charge is 2.33. The van der Waals surface area contributed by atoms with Crippen molar-refractivity contribution >= 4 is 17.1 Å². The molecule has 0 unspecified atom stereocenters. The Morgan fingerprint density at radius 1 is 1.18 bits per heavy atom. The number of urea groups is 1. The van der Waals surface area contributed by atoms with Gasteiger partial charge in [0.15, 0.2) is 0 Å². The molecule has 2 amide bonds. The summed E-state index contributed by atoms with van der Waals surface area (Å²) in [6, 6.07) is 15.3. The fourth-order valence-electron chi connectivity index (χ4n) is 4.56. The van der Waals surface area contributed by atoms with E-state index in [-0.39, 0.29) is 11.4 Å². The fraction of sp³-hybridized carbons (Fsp3) is 0.444. The van der Waals surface area contributed by atoms with Crippen molar-refractivity contribution in [2.75, 3.05) is 19.6 Å². The number of benzene rings is 2. The first-order valence-electron chi connectivity index (χ1n) is 11.8. The highest BCUT2D eigenvalue weighted by Crippen LogP contribution is 2.31. The number of hydrogen-bond acceptors (Lipinski definition) is 3. The van der Waals surface area contributed by atoms with Crippen molar-refractivity contribution in [2.45, 2.75) is 53.5 Å². The number of nitriles is 1. The molecule has 172 valence electrons. The van der Waals surface area contributed by atoms with E-state index >= 15 is 0 Å². The number of aryl methyl sites for hydroxylation is 2. The maximum atomic E-state index is 13.4. The summed E-state index contributed by atoms with van der Waals surface area (Å²) in [4.78, 5) is 25.1. The number of likely N-dealkylation sites (tertiary alicyclic amines) is 1. The molecule has 0 spiro atoms. The number of nitrogens with zero attached hydrogens (tertiary/aromatic N) is 4. The van der Waals surface area contributed by atoms with Gasteiger partial charge in [-0.25, -0.2) is 9.78 Å². The molecule has 0 atom stereocenters. The third-order valence-electron chi connectivity index (χ3n) is 6.82. The van der Waals surface area contributed by atoms with E-state index in [1.807, 2.05) is 29.7 Å². The summed E-state index contributed by atoms with van der Waals surface area (Å²) in [7, 11) is 0. The Labute approximate surface area is 196 Å². The molecule has 1 fully saturated rings. The molecule has 33 heavy (non-hydrogen) atoms. The van der Waals surface area contributed by atoms with Crippen LogP contribution < -0.4 is 0 Å². The number of fused-ring (bicyclic) bond motifs is 1. The number of hydrogen-bond donors (Lipinski definition) is 1. The van der Waals surface area contributed by atoms with Crippen LogP contribution in [-0.2, 0) is 6.54 Å². The Kier molecular flexibility index (Phi) is 6.42. The third-order valence-corrected chi connectivity index (χ3v) is 6.82. The molecule has 1 aromatic heterocycles. The third kappa shape index (κ3) is 4.88. The first kappa shape index (κ1) is 22.8. The largest absolute Gasteiger partial charge is 0.342 e. The van der Waals surface area contributed by atoms with Crippen LogP contribution >= 0.6 is 0 Å². The quantitative estimate of drug-likeness (QED) is 0.541. The van der Waals surface area contributed by atoms with Gasteiger partial charge in [-0.05, 0) is 80.5 Å². The average Bonchev–Trinajstić information content (AvgIpc) is 3.19. The SMILES string of the molecule is CCCN(Cc1cc(-c2ccc3nc(C)[nH]c3c2)ccc1C)C(=O)N1CCC(C)(C#N)CC1. The van der Waals surface area contributed by atoms with E-state index in [0.717, 1.165) is 52.8 Å². The molecular weight excluding hydrogens is 410 g/mol. The standard InChI is InChI=1S/C27H33N5O/c1-5-12-32(26(33)31-13-10-27(4,18-28)11-14-31)17-23-15-21(7-6-19(23)2)22-8-9-24-25(16-22)30-20(3)29-24/h6-9,15-16H,5,10-14,17H2,1-4H3,(H,29,30). The normalized spacial score (nSPS) is 15.4. The van der Waals surface area contributed by atoms with Crippen molar-refractivity contribution in [3.8, 4) is 17.2 Å². The minimum Gasteiger partial charge on any atom is -0.342 e. The predicted octanol–water partition coefficient (Wildman–Crippen LogP) is 5.80. The highest BCUT2D eigenvalue weighted by atomic mass is 16.2. The molecule has 3 aromatic rings. The van der Waals surface area contributed by atoms with Gasteiger partial charge in [0.2, 0.25) is 0 Å². The van der Waals surface area contributed by atoms with Crippen molar-refractivity contribution in [2.24, 2.45) is 5.41 Å². The zero-order valence-corrected chi connectivity index (χ0v) is 20.1. The van der Waals surface area contributed by atoms with Crippen molar-refractivity contribution in [3.05, 3.63) is 53.3 Å². The van der Waals surface area contributed by atoms with Crippen LogP contribution in [0.2, 0.25) is 0 Å². The first-order valence-corrected chi connectivity index (χ1v) is 11.8. The molecule has 6 nitrogen and oxygen atoms in total. The summed E-state index contributed by atoms with van der Waals surface area (Å²) >= 11 is 0. The van der Waals surface area contributed by atoms with Crippen LogP contribution in [0.25, 0.3) is 22.2 Å². The van der Waals surface area contributed by atoms with Crippen LogP contribution in [0.15, 0.2) is 36.4 Å². The lowest BCUT2D eigenvalue weighted by Gasteiger charge is -2.38. The fourth-order valence-corrected chi connectivity index (χ4v) is 4.56. The van der Waals surface area contributed by atoms with E-state index in [4.69, 9.17) is 0 Å². The van der Waals surface area contributed by atoms with Crippen LogP contribution in [0.5, 0.6) is 0 Å². The van der Waals surface area contributed by atoms with E-state index in [1.165, 1.54) is 5.56 Å². The smallest absolute Gasteiger partial charge is 0.320 e. The van der Waals surface area contributed by atoms with Gasteiger partial charge >= 0.3 is 6.03 Å². The van der Waals surface area contributed by atoms with E-state index in [2.05, 4.69) is 60.2 Å². The molecule has 1 aliphatic rings. The molecule has 1 saturated heterocycles. The molecule has 0 aliphatic carbocycles. The van der Waals surface area contributed by atoms with Crippen LogP contribution in [0.4, 0.5) is 4.79 Å². The summed E-state index contributed by atoms with van der Waals surface area (Å²) in [6.07, 6.45) is 2.38. The van der Waals surface area contributed by atoms with Gasteiger partial charge in [0.25, 0.3) is 0 Å². The lowest BCUT2D eigenvalue weighted by Crippen LogP contribution is -2.48. The second kappa shape index (κ2) is 9.27. The van der Waals surface area contributed by atoms with Gasteiger partial charge in [-0.1, -0.05) is 25.1 Å². The van der Waals surface area contributed by atoms with Gasteiger partial charge in [0, 0.05) is 26.2 Å². The Bertz CT molecular complexity index is 1200. The predicted molar refractivity (Wildman–Crippen MR) is 132 cm³/mol. The monoisotopic (exact) mass is 443 g/mol. The number of rotatable bonds is 5. The topological polar surface area (TPSA) is 76.0 Å². The zero-order chi connectivity index (χ0) is 23.6. The number of imidazole rings is 1. The number of carbonyl (C=O) groups is 1. The highest BCUT2D eigenvalue weighted by molar-refractivity contribution is 5.82. The molecule has 2 aromatic carbocycles. The van der Waals surface area contributed by atoms with Gasteiger partial charge in [-0.2, -0.15) is 5.26 Å². The zero-order valence-electron chi connectivity index (χ0n) is 20.1. The summed E-state index contributed by atoms with van der Waals surface area (Å²) < 4.78 is 0. The molecular formula is C27H33N5O. The number of piperidine rings is 1. The lowest BCUT2D eigenvalue weighted by molar-refractivity contribution is 0.120. The van der Waals surface area contributed by atoms with Crippen LogP contribution in [0.3, 0.4) is 0 Å². The van der Waals surface area contributed by atoms with E-state index in [1.54, 1.807) is 0 Å². The van der Waals surface area contributed by atoms with Crippen molar-refractivity contribution in [1.29, 1.82) is 5.26 Å². The average molecular weight is 444 g/mol. The molecule has 6 heteroatoms. The van der Waals surface area contributed by atoms with Crippen LogP contribution in [0, 0.1) is 30.6 Å². The summed E-state index contributed by atoms with van der Waals surface area (Å²) in [5.41, 5.74) is 6.30. The van der Waals surface area contributed by atoms with E-state index in [0.29, 0.717) is 26.2 Å². The van der Waals surface area contributed by atoms with E-state index in [9.17, 15) is 10.1 Å². The second-order valence-electron chi connectivity index (χ2n) is 9.56. The van der Waals surface area contributed by atoms with Crippen molar-refractivity contribution in [3.63, 3.8) is 0 Å². The van der Waals surface area contributed by atoms with Gasteiger partial charge in [-0.3, -0.25) is 0 Å². The molecule has 0 saturated carbocycles. The lowest BCUT2D eigenvalue weighted by atomic mass is 9.82. The maximum absolute atomic E-state index is 13.4. The van der Waals surface area contributed by atoms with Crippen molar-refractivity contribution < 1.29 is 4.79 Å².